The maximum absolute atomic E-state index is 13.0. The number of hydrazine groups is 1. The predicted molar refractivity (Wildman–Crippen MR) is 119 cm³/mol. The Balaban J connectivity index is 1.79. The van der Waals surface area contributed by atoms with Gasteiger partial charge in [0.25, 0.3) is 5.91 Å². The number of carbonyl (C=O) groups excluding carboxylic acids is 4. The SMILES string of the molecule is CC(C)(C)OC(=O)N(CCOCCN)Nc1cccc2c1CN(C1CCC(=O)NC1=O)C2=O. The number of rotatable bonds is 8. The Morgan fingerprint density at radius 1 is 1.27 bits per heavy atom. The highest BCUT2D eigenvalue weighted by Gasteiger charge is 2.40. The van der Waals surface area contributed by atoms with Gasteiger partial charge in [0, 0.05) is 30.6 Å². The molecule has 0 saturated carbocycles. The van der Waals surface area contributed by atoms with Crippen molar-refractivity contribution in [3.05, 3.63) is 29.3 Å². The molecule has 4 amide bonds. The van der Waals surface area contributed by atoms with Crippen molar-refractivity contribution >= 4 is 29.5 Å². The molecule has 1 fully saturated rings. The fourth-order valence-electron chi connectivity index (χ4n) is 3.69. The number of anilines is 1. The van der Waals surface area contributed by atoms with Crippen molar-refractivity contribution in [2.45, 2.75) is 51.8 Å². The molecule has 180 valence electrons. The second kappa shape index (κ2) is 10.2. The van der Waals surface area contributed by atoms with Gasteiger partial charge in [-0.15, -0.1) is 0 Å². The first-order valence-corrected chi connectivity index (χ1v) is 10.9. The van der Waals surface area contributed by atoms with Gasteiger partial charge < -0.3 is 20.1 Å². The molecule has 33 heavy (non-hydrogen) atoms. The number of carbonyl (C=O) groups is 4. The number of hydrogen-bond donors (Lipinski definition) is 3. The molecule has 2 aliphatic heterocycles. The fraction of sp³-hybridized carbons (Fsp3) is 0.545. The number of nitrogens with two attached hydrogens (primary N) is 1. The fourth-order valence-corrected chi connectivity index (χ4v) is 3.69. The molecule has 3 rings (SSSR count). The molecule has 1 aromatic rings. The quantitative estimate of drug-likeness (QED) is 0.295. The number of imide groups is 1. The van der Waals surface area contributed by atoms with E-state index in [9.17, 15) is 19.2 Å². The van der Waals surface area contributed by atoms with Crippen molar-refractivity contribution < 1.29 is 28.7 Å². The van der Waals surface area contributed by atoms with Crippen molar-refractivity contribution in [3.8, 4) is 0 Å². The molecule has 4 N–H and O–H groups in total. The van der Waals surface area contributed by atoms with Crippen molar-refractivity contribution in [2.75, 3.05) is 31.7 Å². The zero-order chi connectivity index (χ0) is 24.2. The Bertz CT molecular complexity index is 928. The van der Waals surface area contributed by atoms with Crippen LogP contribution in [0.4, 0.5) is 10.5 Å². The van der Waals surface area contributed by atoms with Crippen molar-refractivity contribution in [3.63, 3.8) is 0 Å². The van der Waals surface area contributed by atoms with Gasteiger partial charge in [0.1, 0.15) is 11.6 Å². The van der Waals surface area contributed by atoms with Gasteiger partial charge in [-0.25, -0.2) is 9.80 Å². The molecular weight excluding hydrogens is 430 g/mol. The van der Waals surface area contributed by atoms with E-state index in [2.05, 4.69) is 10.7 Å². The molecular formula is C22H31N5O6. The Labute approximate surface area is 192 Å². The summed E-state index contributed by atoms with van der Waals surface area (Å²) in [5.74, 6) is -1.11. The van der Waals surface area contributed by atoms with Crippen LogP contribution in [0.15, 0.2) is 18.2 Å². The van der Waals surface area contributed by atoms with Crippen LogP contribution in [-0.4, -0.2) is 71.7 Å². The van der Waals surface area contributed by atoms with Gasteiger partial charge in [0.2, 0.25) is 11.8 Å². The highest BCUT2D eigenvalue weighted by molar-refractivity contribution is 6.06. The Kier molecular flexibility index (Phi) is 7.54. The van der Waals surface area contributed by atoms with E-state index in [0.717, 1.165) is 0 Å². The van der Waals surface area contributed by atoms with Crippen molar-refractivity contribution in [1.82, 2.24) is 15.2 Å². The van der Waals surface area contributed by atoms with E-state index < -0.39 is 23.6 Å². The highest BCUT2D eigenvalue weighted by Crippen LogP contribution is 2.32. The number of piperidine rings is 1. The van der Waals surface area contributed by atoms with E-state index in [0.29, 0.717) is 30.0 Å². The van der Waals surface area contributed by atoms with E-state index in [1.54, 1.807) is 39.0 Å². The number of ether oxygens (including phenoxy) is 2. The van der Waals surface area contributed by atoms with Crippen LogP contribution >= 0.6 is 0 Å². The van der Waals surface area contributed by atoms with Crippen LogP contribution in [0.25, 0.3) is 0 Å². The molecule has 0 spiro atoms. The summed E-state index contributed by atoms with van der Waals surface area (Å²) in [4.78, 5) is 51.1. The highest BCUT2D eigenvalue weighted by atomic mass is 16.6. The molecule has 0 bridgehead atoms. The van der Waals surface area contributed by atoms with Gasteiger partial charge in [-0.3, -0.25) is 25.1 Å². The lowest BCUT2D eigenvalue weighted by atomic mass is 10.0. The molecule has 0 radical (unpaired) electrons. The standard InChI is InChI=1S/C22H31N5O6/c1-22(2,3)33-21(31)27(10-12-32-11-9-23)25-16-6-4-5-14-15(16)13-26(20(14)30)17-7-8-18(28)24-19(17)29/h4-6,17,25H,7-13,23H2,1-3H3,(H,24,28,29). The first-order valence-electron chi connectivity index (χ1n) is 10.9. The normalized spacial score (nSPS) is 18.1. The maximum Gasteiger partial charge on any atom is 0.429 e. The zero-order valence-electron chi connectivity index (χ0n) is 19.2. The first-order chi connectivity index (χ1) is 15.6. The second-order valence-electron chi connectivity index (χ2n) is 8.88. The van der Waals surface area contributed by atoms with Crippen LogP contribution in [0.3, 0.4) is 0 Å². The third-order valence-electron chi connectivity index (χ3n) is 5.17. The molecule has 11 heteroatoms. The first kappa shape index (κ1) is 24.5. The zero-order valence-corrected chi connectivity index (χ0v) is 19.2. The minimum atomic E-state index is -0.720. The summed E-state index contributed by atoms with van der Waals surface area (Å²) in [5, 5.41) is 3.58. The van der Waals surface area contributed by atoms with Crippen LogP contribution < -0.4 is 16.5 Å². The van der Waals surface area contributed by atoms with Gasteiger partial charge in [-0.2, -0.15) is 0 Å². The topological polar surface area (TPSA) is 143 Å². The number of benzene rings is 1. The van der Waals surface area contributed by atoms with Gasteiger partial charge in [-0.1, -0.05) is 6.07 Å². The average Bonchev–Trinajstić information content (AvgIpc) is 3.06. The third kappa shape index (κ3) is 5.99. The lowest BCUT2D eigenvalue weighted by molar-refractivity contribution is -0.136. The molecule has 2 heterocycles. The molecule has 1 atom stereocenters. The molecule has 2 aliphatic rings. The summed E-state index contributed by atoms with van der Waals surface area (Å²) in [6.07, 6.45) is -0.144. The van der Waals surface area contributed by atoms with E-state index in [1.807, 2.05) is 0 Å². The number of nitrogens with one attached hydrogen (secondary N) is 2. The van der Waals surface area contributed by atoms with E-state index in [-0.39, 0.29) is 44.4 Å². The maximum atomic E-state index is 13.0. The Morgan fingerprint density at radius 2 is 2.03 bits per heavy atom. The van der Waals surface area contributed by atoms with Crippen molar-refractivity contribution in [1.29, 1.82) is 0 Å². The molecule has 0 aromatic heterocycles. The monoisotopic (exact) mass is 461 g/mol. The molecule has 1 aromatic carbocycles. The summed E-state index contributed by atoms with van der Waals surface area (Å²) in [6, 6.07) is 4.41. The lowest BCUT2D eigenvalue weighted by Gasteiger charge is -2.30. The smallest absolute Gasteiger partial charge is 0.429 e. The van der Waals surface area contributed by atoms with Gasteiger partial charge in [-0.05, 0) is 39.3 Å². The second-order valence-corrected chi connectivity index (χ2v) is 8.88. The number of nitrogens with zero attached hydrogens (tertiary/aromatic N) is 2. The average molecular weight is 462 g/mol. The Morgan fingerprint density at radius 3 is 2.70 bits per heavy atom. The van der Waals surface area contributed by atoms with Crippen LogP contribution in [0.5, 0.6) is 0 Å². The van der Waals surface area contributed by atoms with Gasteiger partial charge in [0.05, 0.1) is 25.4 Å². The lowest BCUT2D eigenvalue weighted by Crippen LogP contribution is -2.52. The summed E-state index contributed by atoms with van der Waals surface area (Å²) in [6.45, 7) is 6.63. The number of fused-ring (bicyclic) bond motifs is 1. The van der Waals surface area contributed by atoms with Gasteiger partial charge >= 0.3 is 6.09 Å². The molecule has 0 aliphatic carbocycles. The summed E-state index contributed by atoms with van der Waals surface area (Å²) < 4.78 is 10.9. The molecule has 1 saturated heterocycles. The number of hydrogen-bond acceptors (Lipinski definition) is 8. The summed E-state index contributed by atoms with van der Waals surface area (Å²) in [7, 11) is 0. The molecule has 1 unspecified atom stereocenters. The predicted octanol–water partition coefficient (Wildman–Crippen LogP) is 0.987. The summed E-state index contributed by atoms with van der Waals surface area (Å²) in [5.41, 5.74) is 9.44. The largest absolute Gasteiger partial charge is 0.442 e. The van der Waals surface area contributed by atoms with Crippen LogP contribution in [0.1, 0.15) is 49.5 Å². The van der Waals surface area contributed by atoms with Crippen molar-refractivity contribution in [2.24, 2.45) is 5.73 Å². The third-order valence-corrected chi connectivity index (χ3v) is 5.17. The van der Waals surface area contributed by atoms with Gasteiger partial charge in [0.15, 0.2) is 0 Å². The van der Waals surface area contributed by atoms with E-state index in [4.69, 9.17) is 15.2 Å². The molecule has 11 nitrogen and oxygen atoms in total. The Hall–Kier alpha value is -3.18. The van der Waals surface area contributed by atoms with E-state index >= 15 is 0 Å². The minimum absolute atomic E-state index is 0.176. The van der Waals surface area contributed by atoms with E-state index in [1.165, 1.54) is 9.91 Å². The van der Waals surface area contributed by atoms with Crippen LogP contribution in [-0.2, 0) is 25.6 Å². The van der Waals surface area contributed by atoms with Crippen LogP contribution in [0, 0.1) is 0 Å². The van der Waals surface area contributed by atoms with Crippen LogP contribution in [0.2, 0.25) is 0 Å². The summed E-state index contributed by atoms with van der Waals surface area (Å²) >= 11 is 0. The minimum Gasteiger partial charge on any atom is -0.442 e. The number of amides is 4.